The van der Waals surface area contributed by atoms with Crippen molar-refractivity contribution in [2.75, 3.05) is 11.1 Å². The summed E-state index contributed by atoms with van der Waals surface area (Å²) in [5.74, 6) is 1.41. The molecule has 0 bridgehead atoms. The zero-order valence-electron chi connectivity index (χ0n) is 16.0. The van der Waals surface area contributed by atoms with Crippen LogP contribution in [0.5, 0.6) is 0 Å². The SMILES string of the molecule is CCn1cc(-c2nnc(SCC(=O)Nc3ccc(C(C)C)cc3)n2C)cn1. The number of rotatable bonds is 7. The number of hydrogen-bond acceptors (Lipinski definition) is 5. The lowest BCUT2D eigenvalue weighted by atomic mass is 10.0. The maximum Gasteiger partial charge on any atom is 0.234 e. The first kappa shape index (κ1) is 19.2. The molecule has 0 aliphatic heterocycles. The van der Waals surface area contributed by atoms with Gasteiger partial charge in [-0.25, -0.2) is 0 Å². The summed E-state index contributed by atoms with van der Waals surface area (Å²) in [6.07, 6.45) is 3.71. The van der Waals surface area contributed by atoms with E-state index in [9.17, 15) is 4.79 Å². The van der Waals surface area contributed by atoms with Crippen molar-refractivity contribution in [2.45, 2.75) is 38.4 Å². The monoisotopic (exact) mass is 384 g/mol. The van der Waals surface area contributed by atoms with E-state index in [0.717, 1.165) is 23.6 Å². The van der Waals surface area contributed by atoms with Gasteiger partial charge >= 0.3 is 0 Å². The molecule has 2 heterocycles. The molecule has 1 aromatic carbocycles. The lowest BCUT2D eigenvalue weighted by Crippen LogP contribution is -2.14. The van der Waals surface area contributed by atoms with Gasteiger partial charge in [-0.2, -0.15) is 5.10 Å². The summed E-state index contributed by atoms with van der Waals surface area (Å²) < 4.78 is 3.72. The molecule has 0 saturated heterocycles. The Morgan fingerprint density at radius 1 is 1.22 bits per heavy atom. The molecule has 3 rings (SSSR count). The Labute approximate surface area is 163 Å². The highest BCUT2D eigenvalue weighted by atomic mass is 32.2. The van der Waals surface area contributed by atoms with Gasteiger partial charge in [-0.1, -0.05) is 37.7 Å². The zero-order chi connectivity index (χ0) is 19.4. The van der Waals surface area contributed by atoms with Crippen LogP contribution in [0.15, 0.2) is 41.8 Å². The Morgan fingerprint density at radius 3 is 2.59 bits per heavy atom. The molecule has 142 valence electrons. The largest absolute Gasteiger partial charge is 0.325 e. The molecule has 3 aromatic rings. The minimum Gasteiger partial charge on any atom is -0.325 e. The number of anilines is 1. The highest BCUT2D eigenvalue weighted by molar-refractivity contribution is 7.99. The van der Waals surface area contributed by atoms with Crippen LogP contribution >= 0.6 is 11.8 Å². The van der Waals surface area contributed by atoms with Crippen LogP contribution in [-0.4, -0.2) is 36.2 Å². The highest BCUT2D eigenvalue weighted by Crippen LogP contribution is 2.23. The summed E-state index contributed by atoms with van der Waals surface area (Å²) >= 11 is 1.36. The predicted octanol–water partition coefficient (Wildman–Crippen LogP) is 3.55. The summed E-state index contributed by atoms with van der Waals surface area (Å²) in [6.45, 7) is 7.13. The fourth-order valence-corrected chi connectivity index (χ4v) is 3.33. The van der Waals surface area contributed by atoms with Crippen molar-refractivity contribution in [2.24, 2.45) is 7.05 Å². The highest BCUT2D eigenvalue weighted by Gasteiger charge is 2.14. The Morgan fingerprint density at radius 2 is 1.96 bits per heavy atom. The van der Waals surface area contributed by atoms with Gasteiger partial charge in [0.2, 0.25) is 5.91 Å². The zero-order valence-corrected chi connectivity index (χ0v) is 16.8. The first-order valence-corrected chi connectivity index (χ1v) is 9.91. The van der Waals surface area contributed by atoms with Gasteiger partial charge in [-0.3, -0.25) is 9.48 Å². The molecular weight excluding hydrogens is 360 g/mol. The number of hydrogen-bond donors (Lipinski definition) is 1. The van der Waals surface area contributed by atoms with E-state index >= 15 is 0 Å². The average molecular weight is 385 g/mol. The van der Waals surface area contributed by atoms with Crippen molar-refractivity contribution < 1.29 is 4.79 Å². The topological polar surface area (TPSA) is 77.6 Å². The van der Waals surface area contributed by atoms with Gasteiger partial charge in [0.25, 0.3) is 0 Å². The number of nitrogens with one attached hydrogen (secondary N) is 1. The molecule has 0 atom stereocenters. The average Bonchev–Trinajstić information content (AvgIpc) is 3.27. The summed E-state index contributed by atoms with van der Waals surface area (Å²) in [5, 5.41) is 16.3. The van der Waals surface area contributed by atoms with E-state index in [4.69, 9.17) is 0 Å². The lowest BCUT2D eigenvalue weighted by Gasteiger charge is -2.08. The third kappa shape index (κ3) is 4.57. The Bertz CT molecular complexity index is 913. The number of carbonyl (C=O) groups excluding carboxylic acids is 1. The maximum absolute atomic E-state index is 12.2. The smallest absolute Gasteiger partial charge is 0.234 e. The molecule has 0 unspecified atom stereocenters. The number of aromatic nitrogens is 5. The second kappa shape index (κ2) is 8.39. The number of benzene rings is 1. The van der Waals surface area contributed by atoms with Crippen LogP contribution in [0.25, 0.3) is 11.4 Å². The number of thioether (sulfide) groups is 1. The fourth-order valence-electron chi connectivity index (χ4n) is 2.62. The van der Waals surface area contributed by atoms with E-state index in [1.807, 2.05) is 53.7 Å². The second-order valence-electron chi connectivity index (χ2n) is 6.56. The van der Waals surface area contributed by atoms with E-state index in [1.165, 1.54) is 17.3 Å². The molecule has 0 saturated carbocycles. The van der Waals surface area contributed by atoms with Gasteiger partial charge in [0.05, 0.1) is 17.5 Å². The van der Waals surface area contributed by atoms with Crippen LogP contribution in [-0.2, 0) is 18.4 Å². The maximum atomic E-state index is 12.2. The van der Waals surface area contributed by atoms with Crippen LogP contribution in [0.4, 0.5) is 5.69 Å². The predicted molar refractivity (Wildman–Crippen MR) is 108 cm³/mol. The Kier molecular flexibility index (Phi) is 5.95. The molecule has 2 aromatic heterocycles. The summed E-state index contributed by atoms with van der Waals surface area (Å²) in [6, 6.07) is 7.95. The van der Waals surface area contributed by atoms with Crippen molar-refractivity contribution in [3.8, 4) is 11.4 Å². The summed E-state index contributed by atoms with van der Waals surface area (Å²) in [4.78, 5) is 12.2. The van der Waals surface area contributed by atoms with E-state index in [-0.39, 0.29) is 11.7 Å². The molecule has 0 radical (unpaired) electrons. The summed E-state index contributed by atoms with van der Waals surface area (Å²) in [7, 11) is 1.89. The van der Waals surface area contributed by atoms with Crippen LogP contribution in [0.3, 0.4) is 0 Å². The van der Waals surface area contributed by atoms with Gasteiger partial charge in [-0.15, -0.1) is 10.2 Å². The Balaban J connectivity index is 1.59. The van der Waals surface area contributed by atoms with E-state index in [0.29, 0.717) is 11.1 Å². The van der Waals surface area contributed by atoms with Crippen LogP contribution in [0.1, 0.15) is 32.3 Å². The quantitative estimate of drug-likeness (QED) is 0.630. The second-order valence-corrected chi connectivity index (χ2v) is 7.51. The fraction of sp³-hybridized carbons (Fsp3) is 0.368. The molecule has 7 nitrogen and oxygen atoms in total. The molecule has 0 aliphatic rings. The molecule has 8 heteroatoms. The van der Waals surface area contributed by atoms with Crippen molar-refractivity contribution in [3.05, 3.63) is 42.2 Å². The van der Waals surface area contributed by atoms with Crippen LogP contribution < -0.4 is 5.32 Å². The third-order valence-corrected chi connectivity index (χ3v) is 5.26. The molecule has 0 fully saturated rings. The van der Waals surface area contributed by atoms with Gasteiger partial charge in [0.15, 0.2) is 11.0 Å². The van der Waals surface area contributed by atoms with Crippen molar-refractivity contribution in [1.82, 2.24) is 24.5 Å². The molecule has 1 amide bonds. The summed E-state index contributed by atoms with van der Waals surface area (Å²) in [5.41, 5.74) is 2.96. The molecule has 1 N–H and O–H groups in total. The minimum absolute atomic E-state index is 0.0688. The Hall–Kier alpha value is -2.61. The van der Waals surface area contributed by atoms with E-state index in [2.05, 4.69) is 34.5 Å². The number of carbonyl (C=O) groups is 1. The normalized spacial score (nSPS) is 11.1. The number of amides is 1. The van der Waals surface area contributed by atoms with Gasteiger partial charge in [0.1, 0.15) is 0 Å². The number of nitrogens with zero attached hydrogens (tertiary/aromatic N) is 5. The number of aryl methyl sites for hydroxylation is 1. The molecule has 0 aliphatic carbocycles. The minimum atomic E-state index is -0.0688. The van der Waals surface area contributed by atoms with E-state index in [1.54, 1.807) is 6.20 Å². The van der Waals surface area contributed by atoms with Crippen LogP contribution in [0, 0.1) is 0 Å². The standard InChI is InChI=1S/C19H24N6OS/c1-5-25-11-15(10-20-25)18-22-23-19(24(18)4)27-12-17(26)21-16-8-6-14(7-9-16)13(2)3/h6-11,13H,5,12H2,1-4H3,(H,21,26). The first-order chi connectivity index (χ1) is 13.0. The lowest BCUT2D eigenvalue weighted by molar-refractivity contribution is -0.113. The third-order valence-electron chi connectivity index (χ3n) is 4.24. The van der Waals surface area contributed by atoms with Gasteiger partial charge < -0.3 is 9.88 Å². The first-order valence-electron chi connectivity index (χ1n) is 8.92. The van der Waals surface area contributed by atoms with Crippen molar-refractivity contribution in [3.63, 3.8) is 0 Å². The molecule has 0 spiro atoms. The molecular formula is C19H24N6OS. The van der Waals surface area contributed by atoms with Crippen LogP contribution in [0.2, 0.25) is 0 Å². The van der Waals surface area contributed by atoms with Crippen molar-refractivity contribution in [1.29, 1.82) is 0 Å². The van der Waals surface area contributed by atoms with Gasteiger partial charge in [-0.05, 0) is 30.5 Å². The van der Waals surface area contributed by atoms with Crippen molar-refractivity contribution >= 4 is 23.4 Å². The van der Waals surface area contributed by atoms with Gasteiger partial charge in [0, 0.05) is 25.5 Å². The van der Waals surface area contributed by atoms with E-state index < -0.39 is 0 Å². The molecule has 27 heavy (non-hydrogen) atoms.